The maximum Gasteiger partial charge on any atom is 0.416 e. The van der Waals surface area contributed by atoms with Crippen LogP contribution in [0.4, 0.5) is 35.1 Å². The largest absolute Gasteiger partial charge is 0.416 e. The van der Waals surface area contributed by atoms with Crippen molar-refractivity contribution in [2.24, 2.45) is 0 Å². The van der Waals surface area contributed by atoms with Gasteiger partial charge in [-0.3, -0.25) is 0 Å². The lowest BCUT2D eigenvalue weighted by molar-refractivity contribution is -0.143. The van der Waals surface area contributed by atoms with Crippen LogP contribution < -0.4 is 5.32 Å². The zero-order chi connectivity index (χ0) is 16.4. The highest BCUT2D eigenvalue weighted by atomic mass is 19.4. The smallest absolute Gasteiger partial charge is 0.305 e. The monoisotopic (exact) mass is 321 g/mol. The van der Waals surface area contributed by atoms with Crippen LogP contribution >= 0.6 is 0 Å². The Labute approximate surface area is 114 Å². The normalized spacial score (nSPS) is 14.6. The van der Waals surface area contributed by atoms with E-state index in [4.69, 9.17) is 0 Å². The van der Waals surface area contributed by atoms with Crippen molar-refractivity contribution in [3.63, 3.8) is 0 Å². The van der Waals surface area contributed by atoms with Gasteiger partial charge in [0.05, 0.1) is 17.7 Å². The molecular weight excluding hydrogens is 310 g/mol. The van der Waals surface area contributed by atoms with Gasteiger partial charge in [0, 0.05) is 6.04 Å². The van der Waals surface area contributed by atoms with Crippen molar-refractivity contribution in [3.05, 3.63) is 34.9 Å². The Kier molecular flexibility index (Phi) is 5.19. The van der Waals surface area contributed by atoms with Gasteiger partial charge in [0.2, 0.25) is 0 Å². The van der Waals surface area contributed by atoms with Crippen LogP contribution in [0.2, 0.25) is 0 Å². The summed E-state index contributed by atoms with van der Waals surface area (Å²) in [5.41, 5.74) is -3.31. The molecule has 0 fully saturated rings. The van der Waals surface area contributed by atoms with Crippen LogP contribution in [-0.2, 0) is 12.4 Å². The summed E-state index contributed by atoms with van der Waals surface area (Å²) >= 11 is 0. The maximum absolute atomic E-state index is 12.6. The lowest BCUT2D eigenvalue weighted by Gasteiger charge is -2.18. The van der Waals surface area contributed by atoms with Crippen LogP contribution in [0.3, 0.4) is 0 Å². The molecule has 0 heterocycles. The van der Waals surface area contributed by atoms with Gasteiger partial charge < -0.3 is 5.32 Å². The maximum atomic E-state index is 12.6. The summed E-state index contributed by atoms with van der Waals surface area (Å²) in [4.78, 5) is 0. The van der Waals surface area contributed by atoms with Gasteiger partial charge in [0.15, 0.2) is 0 Å². The molecule has 9 heteroatoms. The molecule has 1 N–H and O–H groups in total. The number of benzene rings is 1. The highest BCUT2D eigenvalue weighted by Gasteiger charge is 2.37. The van der Waals surface area contributed by atoms with Crippen LogP contribution in [0.25, 0.3) is 0 Å². The number of hydrogen-bond donors (Lipinski definition) is 1. The molecule has 0 amide bonds. The van der Waals surface area contributed by atoms with Gasteiger partial charge in [0.25, 0.3) is 6.43 Å². The van der Waals surface area contributed by atoms with E-state index < -0.39 is 42.5 Å². The molecule has 1 aromatic carbocycles. The molecule has 0 radical (unpaired) electrons. The fourth-order valence-corrected chi connectivity index (χ4v) is 1.61. The second kappa shape index (κ2) is 6.17. The van der Waals surface area contributed by atoms with Gasteiger partial charge >= 0.3 is 12.4 Å². The number of alkyl halides is 8. The third kappa shape index (κ3) is 5.14. The minimum Gasteiger partial charge on any atom is -0.305 e. The number of hydrogen-bond acceptors (Lipinski definition) is 1. The summed E-state index contributed by atoms with van der Waals surface area (Å²) < 4.78 is 99.7. The molecule has 1 aromatic rings. The molecule has 0 saturated carbocycles. The van der Waals surface area contributed by atoms with Gasteiger partial charge in [0.1, 0.15) is 0 Å². The Morgan fingerprint density at radius 1 is 0.905 bits per heavy atom. The average Bonchev–Trinajstić information content (AvgIpc) is 2.33. The van der Waals surface area contributed by atoms with Crippen LogP contribution in [0, 0.1) is 0 Å². The molecule has 0 bridgehead atoms. The van der Waals surface area contributed by atoms with Crippen molar-refractivity contribution in [2.45, 2.75) is 31.7 Å². The topological polar surface area (TPSA) is 12.0 Å². The molecular formula is C12H11F8N. The van der Waals surface area contributed by atoms with Gasteiger partial charge in [-0.25, -0.2) is 8.78 Å². The molecule has 0 aliphatic carbocycles. The second-order valence-electron chi connectivity index (χ2n) is 4.36. The minimum atomic E-state index is -4.96. The summed E-state index contributed by atoms with van der Waals surface area (Å²) in [6.07, 6.45) is -12.7. The lowest BCUT2D eigenvalue weighted by Crippen LogP contribution is -2.25. The van der Waals surface area contributed by atoms with Crippen molar-refractivity contribution in [1.82, 2.24) is 5.32 Å². The minimum absolute atomic E-state index is 0.0106. The highest BCUT2D eigenvalue weighted by molar-refractivity contribution is 5.35. The van der Waals surface area contributed by atoms with E-state index in [9.17, 15) is 35.1 Å². The van der Waals surface area contributed by atoms with E-state index in [0.717, 1.165) is 0 Å². The first-order valence-electron chi connectivity index (χ1n) is 5.72. The molecule has 0 aliphatic rings. The van der Waals surface area contributed by atoms with Crippen LogP contribution in [0.1, 0.15) is 29.7 Å². The van der Waals surface area contributed by atoms with E-state index in [1.165, 1.54) is 6.92 Å². The van der Waals surface area contributed by atoms with Gasteiger partial charge in [-0.15, -0.1) is 0 Å². The van der Waals surface area contributed by atoms with Crippen molar-refractivity contribution >= 4 is 0 Å². The van der Waals surface area contributed by atoms with Crippen LogP contribution in [0.15, 0.2) is 18.2 Å². The molecule has 120 valence electrons. The predicted molar refractivity (Wildman–Crippen MR) is 58.9 cm³/mol. The van der Waals surface area contributed by atoms with E-state index in [2.05, 4.69) is 5.32 Å². The Morgan fingerprint density at radius 3 is 1.67 bits per heavy atom. The lowest BCUT2D eigenvalue weighted by atomic mass is 10.0. The summed E-state index contributed by atoms with van der Waals surface area (Å²) in [6, 6.07) is -0.0671. The van der Waals surface area contributed by atoms with Gasteiger partial charge in [-0.05, 0) is 30.7 Å². The number of nitrogens with one attached hydrogen (secondary N) is 1. The van der Waals surface area contributed by atoms with E-state index in [1.54, 1.807) is 0 Å². The average molecular weight is 321 g/mol. The molecule has 0 aliphatic heterocycles. The molecule has 21 heavy (non-hydrogen) atoms. The van der Waals surface area contributed by atoms with E-state index in [0.29, 0.717) is 12.1 Å². The number of halogens is 8. The van der Waals surface area contributed by atoms with Crippen molar-refractivity contribution in [2.75, 3.05) is 6.54 Å². The van der Waals surface area contributed by atoms with E-state index >= 15 is 0 Å². The van der Waals surface area contributed by atoms with Crippen molar-refractivity contribution in [3.8, 4) is 0 Å². The molecule has 1 rings (SSSR count). The third-order valence-corrected chi connectivity index (χ3v) is 2.69. The summed E-state index contributed by atoms with van der Waals surface area (Å²) in [5, 5.41) is 2.17. The summed E-state index contributed by atoms with van der Waals surface area (Å²) in [5.74, 6) is 0. The summed E-state index contributed by atoms with van der Waals surface area (Å²) in [6.45, 7) is 0.372. The fraction of sp³-hybridized carbons (Fsp3) is 0.500. The van der Waals surface area contributed by atoms with Gasteiger partial charge in [-0.1, -0.05) is 0 Å². The fourth-order valence-electron chi connectivity index (χ4n) is 1.61. The van der Waals surface area contributed by atoms with Crippen LogP contribution in [-0.4, -0.2) is 13.0 Å². The predicted octanol–water partition coefficient (Wildman–Crippen LogP) is 4.64. The van der Waals surface area contributed by atoms with E-state index in [-0.39, 0.29) is 11.6 Å². The third-order valence-electron chi connectivity index (χ3n) is 2.69. The highest BCUT2D eigenvalue weighted by Crippen LogP contribution is 2.37. The van der Waals surface area contributed by atoms with E-state index in [1.807, 2.05) is 0 Å². The van der Waals surface area contributed by atoms with Crippen molar-refractivity contribution < 1.29 is 35.1 Å². The molecule has 1 nitrogen and oxygen atoms in total. The van der Waals surface area contributed by atoms with Gasteiger partial charge in [-0.2, -0.15) is 26.3 Å². The second-order valence-corrected chi connectivity index (χ2v) is 4.36. The zero-order valence-electron chi connectivity index (χ0n) is 10.6. The molecule has 0 aromatic heterocycles. The first kappa shape index (κ1) is 17.7. The van der Waals surface area contributed by atoms with Crippen molar-refractivity contribution in [1.29, 1.82) is 0 Å². The Hall–Kier alpha value is -1.38. The Morgan fingerprint density at radius 2 is 1.33 bits per heavy atom. The molecule has 0 spiro atoms. The first-order valence-corrected chi connectivity index (χ1v) is 5.72. The first-order chi connectivity index (χ1) is 9.41. The molecule has 1 unspecified atom stereocenters. The Bertz CT molecular complexity index is 445. The summed E-state index contributed by atoms with van der Waals surface area (Å²) in [7, 11) is 0. The standard InChI is InChI=1S/C12H11F8N/c1-6(21-5-10(13)14)7-2-8(11(15,16)17)4-9(3-7)12(18,19)20/h2-4,6,10,21H,5H2,1H3. The zero-order valence-corrected chi connectivity index (χ0v) is 10.6. The Balaban J connectivity index is 3.19. The molecule has 1 atom stereocenters. The molecule has 0 saturated heterocycles. The SMILES string of the molecule is CC(NCC(F)F)c1cc(C(F)(F)F)cc(C(F)(F)F)c1. The van der Waals surface area contributed by atoms with Crippen LogP contribution in [0.5, 0.6) is 0 Å². The number of rotatable bonds is 4. The quantitative estimate of drug-likeness (QED) is 0.797.